The van der Waals surface area contributed by atoms with Crippen molar-refractivity contribution in [2.45, 2.75) is 60.3 Å². The summed E-state index contributed by atoms with van der Waals surface area (Å²) in [5, 5.41) is 0. The molecule has 2 unspecified atom stereocenters. The zero-order chi connectivity index (χ0) is 17.6. The van der Waals surface area contributed by atoms with Crippen LogP contribution in [-0.4, -0.2) is 54.7 Å². The maximum Gasteiger partial charge on any atom is 0.225 e. The normalized spacial score (nSPS) is 30.2. The van der Waals surface area contributed by atoms with Gasteiger partial charge in [0.2, 0.25) is 5.91 Å². The summed E-state index contributed by atoms with van der Waals surface area (Å²) in [4.78, 5) is 28.3. The number of nitrogens with zero attached hydrogens (tertiary/aromatic N) is 2. The van der Waals surface area contributed by atoms with Gasteiger partial charge in [-0.2, -0.15) is 0 Å². The topological polar surface area (TPSA) is 40.6 Å². The van der Waals surface area contributed by atoms with Crippen molar-refractivity contribution in [2.75, 3.05) is 33.2 Å². The molecule has 0 aromatic rings. The van der Waals surface area contributed by atoms with E-state index in [1.165, 1.54) is 0 Å². The largest absolute Gasteiger partial charge is 0.342 e. The lowest BCUT2D eigenvalue weighted by Gasteiger charge is -2.31. The maximum absolute atomic E-state index is 12.5. The van der Waals surface area contributed by atoms with Gasteiger partial charge in [-0.3, -0.25) is 9.59 Å². The fraction of sp³-hybridized carbons (Fsp3) is 0.895. The van der Waals surface area contributed by atoms with Crippen LogP contribution in [0.4, 0.5) is 0 Å². The number of likely N-dealkylation sites (tertiary alicyclic amines) is 2. The summed E-state index contributed by atoms with van der Waals surface area (Å²) in [5.41, 5.74) is 0.174. The van der Waals surface area contributed by atoms with Crippen LogP contribution in [0.1, 0.15) is 60.3 Å². The van der Waals surface area contributed by atoms with E-state index in [0.717, 1.165) is 51.9 Å². The minimum atomic E-state index is 0.174. The first-order valence-corrected chi connectivity index (χ1v) is 9.50. The van der Waals surface area contributed by atoms with Crippen LogP contribution in [0.5, 0.6) is 0 Å². The molecule has 3 fully saturated rings. The predicted molar refractivity (Wildman–Crippen MR) is 95.3 cm³/mol. The smallest absolute Gasteiger partial charge is 0.225 e. The molecule has 1 saturated carbocycles. The summed E-state index contributed by atoms with van der Waals surface area (Å²) < 4.78 is 0. The van der Waals surface area contributed by atoms with Gasteiger partial charge in [-0.25, -0.2) is 0 Å². The predicted octanol–water partition coefficient (Wildman–Crippen LogP) is 3.21. The van der Waals surface area contributed by atoms with Crippen LogP contribution in [0.3, 0.4) is 0 Å². The average Bonchev–Trinajstić information content (AvgIpc) is 3.13. The van der Waals surface area contributed by atoms with Crippen molar-refractivity contribution in [3.8, 4) is 0 Å². The van der Waals surface area contributed by atoms with Crippen LogP contribution in [0.2, 0.25) is 0 Å². The van der Waals surface area contributed by atoms with E-state index < -0.39 is 0 Å². The van der Waals surface area contributed by atoms with E-state index in [1.54, 1.807) is 6.92 Å². The van der Waals surface area contributed by atoms with Crippen molar-refractivity contribution < 1.29 is 9.59 Å². The van der Waals surface area contributed by atoms with E-state index in [-0.39, 0.29) is 17.3 Å². The van der Waals surface area contributed by atoms with Crippen molar-refractivity contribution in [2.24, 2.45) is 17.3 Å². The van der Waals surface area contributed by atoms with E-state index in [9.17, 15) is 9.59 Å². The quantitative estimate of drug-likeness (QED) is 0.783. The molecular formula is C19H36N2O2. The van der Waals surface area contributed by atoms with Gasteiger partial charge in [0.25, 0.3) is 0 Å². The zero-order valence-corrected chi connectivity index (χ0v) is 16.0. The minimum absolute atomic E-state index is 0.174. The van der Waals surface area contributed by atoms with Gasteiger partial charge in [0, 0.05) is 30.3 Å². The molecule has 2 aliphatic heterocycles. The molecule has 2 atom stereocenters. The third-order valence-corrected chi connectivity index (χ3v) is 5.45. The summed E-state index contributed by atoms with van der Waals surface area (Å²) in [5.74, 6) is 1.12. The van der Waals surface area contributed by atoms with Crippen molar-refractivity contribution >= 4 is 11.7 Å². The van der Waals surface area contributed by atoms with Crippen molar-refractivity contribution in [1.82, 2.24) is 9.80 Å². The molecule has 0 aromatic heterocycles. The van der Waals surface area contributed by atoms with Gasteiger partial charge >= 0.3 is 0 Å². The Bertz CT molecular complexity index is 402. The summed E-state index contributed by atoms with van der Waals surface area (Å²) >= 11 is 0. The third kappa shape index (κ3) is 4.56. The van der Waals surface area contributed by atoms with E-state index in [0.29, 0.717) is 11.7 Å². The number of hydrogen-bond acceptors (Lipinski definition) is 3. The lowest BCUT2D eigenvalue weighted by Crippen LogP contribution is -2.40. The Morgan fingerprint density at radius 1 is 1.00 bits per heavy atom. The molecule has 1 spiro atoms. The van der Waals surface area contributed by atoms with Gasteiger partial charge in [0.05, 0.1) is 0 Å². The van der Waals surface area contributed by atoms with Gasteiger partial charge in [0.15, 0.2) is 0 Å². The number of amides is 1. The molecular weight excluding hydrogens is 288 g/mol. The average molecular weight is 325 g/mol. The SMILES string of the molecule is CC.CC.CC(=O)C1CC12CCN(C(=O)C1CCN(C)CC1)C2. The Morgan fingerprint density at radius 3 is 2.04 bits per heavy atom. The number of rotatable bonds is 2. The summed E-state index contributed by atoms with van der Waals surface area (Å²) in [7, 11) is 2.12. The molecule has 2 saturated heterocycles. The minimum Gasteiger partial charge on any atom is -0.342 e. The molecule has 23 heavy (non-hydrogen) atoms. The molecule has 4 heteroatoms. The zero-order valence-electron chi connectivity index (χ0n) is 16.0. The first-order valence-electron chi connectivity index (χ1n) is 9.50. The molecule has 0 aromatic carbocycles. The Morgan fingerprint density at radius 2 is 1.57 bits per heavy atom. The van der Waals surface area contributed by atoms with Crippen LogP contribution in [0.15, 0.2) is 0 Å². The molecule has 0 radical (unpaired) electrons. The van der Waals surface area contributed by atoms with E-state index in [4.69, 9.17) is 0 Å². The molecule has 4 nitrogen and oxygen atoms in total. The van der Waals surface area contributed by atoms with Crippen LogP contribution in [0, 0.1) is 17.3 Å². The number of carbonyl (C=O) groups is 2. The fourth-order valence-electron chi connectivity index (χ4n) is 3.97. The number of piperidine rings is 1. The van der Waals surface area contributed by atoms with Gasteiger partial charge < -0.3 is 9.80 Å². The second-order valence-corrected chi connectivity index (χ2v) is 6.82. The highest BCUT2D eigenvalue weighted by Gasteiger charge is 2.60. The Kier molecular flexibility index (Phi) is 7.72. The lowest BCUT2D eigenvalue weighted by molar-refractivity contribution is -0.136. The van der Waals surface area contributed by atoms with E-state index in [2.05, 4.69) is 11.9 Å². The molecule has 134 valence electrons. The number of carbonyl (C=O) groups excluding carboxylic acids is 2. The van der Waals surface area contributed by atoms with Gasteiger partial charge in [-0.15, -0.1) is 0 Å². The summed E-state index contributed by atoms with van der Waals surface area (Å²) in [6, 6.07) is 0. The molecule has 1 amide bonds. The fourth-order valence-corrected chi connectivity index (χ4v) is 3.97. The highest BCUT2D eigenvalue weighted by atomic mass is 16.2. The second-order valence-electron chi connectivity index (χ2n) is 6.82. The maximum atomic E-state index is 12.5. The summed E-state index contributed by atoms with van der Waals surface area (Å²) in [6.45, 7) is 13.5. The molecule has 2 heterocycles. The Hall–Kier alpha value is -0.900. The highest BCUT2D eigenvalue weighted by Crippen LogP contribution is 2.58. The van der Waals surface area contributed by atoms with Crippen LogP contribution in [-0.2, 0) is 9.59 Å². The molecule has 1 aliphatic carbocycles. The standard InChI is InChI=1S/C15H24N2O2.2C2H6/c1-11(18)13-9-15(13)5-8-17(10-15)14(19)12-3-6-16(2)7-4-12;2*1-2/h12-13H,3-10H2,1-2H3;2*1-2H3. The first-order chi connectivity index (χ1) is 11.0. The molecule has 0 N–H and O–H groups in total. The van der Waals surface area contributed by atoms with Crippen molar-refractivity contribution in [3.63, 3.8) is 0 Å². The van der Waals surface area contributed by atoms with Crippen LogP contribution >= 0.6 is 0 Å². The number of ketones is 1. The van der Waals surface area contributed by atoms with E-state index >= 15 is 0 Å². The van der Waals surface area contributed by atoms with Gasteiger partial charge in [-0.05, 0) is 52.7 Å². The van der Waals surface area contributed by atoms with Crippen molar-refractivity contribution in [1.29, 1.82) is 0 Å². The van der Waals surface area contributed by atoms with Crippen LogP contribution < -0.4 is 0 Å². The number of Topliss-reactive ketones (excluding diaryl/α,β-unsaturated/α-hetero) is 1. The Balaban J connectivity index is 0.000000615. The third-order valence-electron chi connectivity index (χ3n) is 5.45. The van der Waals surface area contributed by atoms with Crippen LogP contribution in [0.25, 0.3) is 0 Å². The monoisotopic (exact) mass is 324 g/mol. The second kappa shape index (κ2) is 8.81. The van der Waals surface area contributed by atoms with Crippen molar-refractivity contribution in [3.05, 3.63) is 0 Å². The van der Waals surface area contributed by atoms with E-state index in [1.807, 2.05) is 32.6 Å². The first kappa shape index (κ1) is 20.1. The molecule has 0 bridgehead atoms. The lowest BCUT2D eigenvalue weighted by atomic mass is 9.95. The highest BCUT2D eigenvalue weighted by molar-refractivity contribution is 5.83. The summed E-state index contributed by atoms with van der Waals surface area (Å²) in [6.07, 6.45) is 4.04. The molecule has 3 rings (SSSR count). The molecule has 3 aliphatic rings. The van der Waals surface area contributed by atoms with Gasteiger partial charge in [-0.1, -0.05) is 27.7 Å². The van der Waals surface area contributed by atoms with Gasteiger partial charge in [0.1, 0.15) is 5.78 Å². The Labute approximate surface area is 142 Å². The number of hydrogen-bond donors (Lipinski definition) is 0.